The van der Waals surface area contributed by atoms with Crippen molar-refractivity contribution in [1.82, 2.24) is 0 Å². The first-order valence-electron chi connectivity index (χ1n) is 4.05. The second kappa shape index (κ2) is 4.73. The van der Waals surface area contributed by atoms with Gasteiger partial charge in [-0.05, 0) is 25.7 Å². The summed E-state index contributed by atoms with van der Waals surface area (Å²) < 4.78 is 5.23. The molecule has 0 spiro atoms. The lowest BCUT2D eigenvalue weighted by Gasteiger charge is -2.21. The van der Waals surface area contributed by atoms with E-state index < -0.39 is 0 Å². The monoisotopic (exact) mass is 168 g/mol. The van der Waals surface area contributed by atoms with Gasteiger partial charge in [-0.15, -0.1) is 0 Å². The van der Waals surface area contributed by atoms with Crippen LogP contribution in [0.5, 0.6) is 0 Å². The van der Waals surface area contributed by atoms with E-state index in [4.69, 9.17) is 15.2 Å². The molecule has 0 aromatic carbocycles. The topological polar surface area (TPSA) is 65.6 Å². The largest absolute Gasteiger partial charge is 0.411 e. The van der Waals surface area contributed by atoms with Crippen LogP contribution in [-0.2, 0) is 4.74 Å². The van der Waals surface area contributed by atoms with Crippen LogP contribution in [0.4, 0.5) is 0 Å². The summed E-state index contributed by atoms with van der Waals surface area (Å²) in [5, 5.41) is 19.9. The number of nitrogens with zero attached hydrogens (tertiary/aromatic N) is 2. The molecule has 1 saturated carbocycles. The average Bonchev–Trinajstić information content (AvgIpc) is 2.15. The first kappa shape index (κ1) is 9.01. The van der Waals surface area contributed by atoms with E-state index in [0.29, 0.717) is 0 Å². The van der Waals surface area contributed by atoms with Gasteiger partial charge in [-0.2, -0.15) is 5.26 Å². The molecule has 1 fully saturated rings. The number of ether oxygens (including phenoxy) is 1. The fourth-order valence-electron chi connectivity index (χ4n) is 1.35. The van der Waals surface area contributed by atoms with Crippen molar-refractivity contribution in [3.05, 3.63) is 0 Å². The van der Waals surface area contributed by atoms with Crippen LogP contribution in [0.15, 0.2) is 5.16 Å². The zero-order chi connectivity index (χ0) is 8.81. The lowest BCUT2D eigenvalue weighted by molar-refractivity contribution is 0.0620. The van der Waals surface area contributed by atoms with Gasteiger partial charge in [0.15, 0.2) is 0 Å². The Morgan fingerprint density at radius 2 is 2.25 bits per heavy atom. The Morgan fingerprint density at radius 3 is 2.75 bits per heavy atom. The number of hydrogen-bond acceptors (Lipinski definition) is 4. The number of nitriles is 1. The standard InChI is InChI=1S/C8H12N2O2/c9-5-6-12-8-3-1-7(10-11)2-4-8/h8,11H,1-4,6H2. The lowest BCUT2D eigenvalue weighted by Crippen LogP contribution is -2.21. The maximum atomic E-state index is 8.45. The SMILES string of the molecule is N#CCOC1CCC(=NO)CC1. The van der Waals surface area contributed by atoms with Crippen LogP contribution in [0.25, 0.3) is 0 Å². The molecule has 0 aromatic rings. The van der Waals surface area contributed by atoms with Crippen molar-refractivity contribution in [1.29, 1.82) is 5.26 Å². The number of hydrogen-bond donors (Lipinski definition) is 1. The molecule has 4 nitrogen and oxygen atoms in total. The molecule has 1 rings (SSSR count). The first-order valence-corrected chi connectivity index (χ1v) is 4.05. The highest BCUT2D eigenvalue weighted by atomic mass is 16.5. The quantitative estimate of drug-likeness (QED) is 0.499. The molecule has 0 amide bonds. The molecule has 4 heteroatoms. The molecule has 66 valence electrons. The minimum Gasteiger partial charge on any atom is -0.411 e. The van der Waals surface area contributed by atoms with Crippen LogP contribution in [0.3, 0.4) is 0 Å². The van der Waals surface area contributed by atoms with E-state index in [2.05, 4.69) is 5.16 Å². The molecule has 0 aliphatic heterocycles. The minimum atomic E-state index is 0.163. The highest BCUT2D eigenvalue weighted by Crippen LogP contribution is 2.18. The van der Waals surface area contributed by atoms with Crippen molar-refractivity contribution in [3.63, 3.8) is 0 Å². The highest BCUT2D eigenvalue weighted by molar-refractivity contribution is 5.84. The number of rotatable bonds is 2. The smallest absolute Gasteiger partial charge is 0.134 e. The summed E-state index contributed by atoms with van der Waals surface area (Å²) in [7, 11) is 0. The maximum Gasteiger partial charge on any atom is 0.134 e. The van der Waals surface area contributed by atoms with Crippen LogP contribution in [0.2, 0.25) is 0 Å². The van der Waals surface area contributed by atoms with Gasteiger partial charge < -0.3 is 9.94 Å². The summed E-state index contributed by atoms with van der Waals surface area (Å²) in [5.41, 5.74) is 0.840. The van der Waals surface area contributed by atoms with Gasteiger partial charge in [-0.25, -0.2) is 0 Å². The average molecular weight is 168 g/mol. The first-order chi connectivity index (χ1) is 5.86. The van der Waals surface area contributed by atoms with Crippen molar-refractivity contribution in [2.45, 2.75) is 31.8 Å². The van der Waals surface area contributed by atoms with Crippen LogP contribution in [-0.4, -0.2) is 23.6 Å². The Labute approximate surface area is 71.4 Å². The predicted molar refractivity (Wildman–Crippen MR) is 43.0 cm³/mol. The van der Waals surface area contributed by atoms with Gasteiger partial charge in [0.25, 0.3) is 0 Å². The Balaban J connectivity index is 2.23. The molecule has 0 saturated heterocycles. The Bertz CT molecular complexity index is 198. The molecular weight excluding hydrogens is 156 g/mol. The molecular formula is C8H12N2O2. The number of oxime groups is 1. The molecule has 0 radical (unpaired) electrons. The normalized spacial score (nSPS) is 23.2. The molecule has 1 aliphatic rings. The molecule has 0 atom stereocenters. The van der Waals surface area contributed by atoms with Gasteiger partial charge in [0.05, 0.1) is 17.9 Å². The van der Waals surface area contributed by atoms with E-state index in [1.165, 1.54) is 0 Å². The summed E-state index contributed by atoms with van der Waals surface area (Å²) in [6.07, 6.45) is 3.47. The second-order valence-electron chi connectivity index (χ2n) is 2.83. The molecule has 0 aromatic heterocycles. The fourth-order valence-corrected chi connectivity index (χ4v) is 1.35. The summed E-state index contributed by atoms with van der Waals surface area (Å²) in [6, 6.07) is 1.94. The second-order valence-corrected chi connectivity index (χ2v) is 2.83. The zero-order valence-electron chi connectivity index (χ0n) is 6.86. The third-order valence-corrected chi connectivity index (χ3v) is 2.03. The maximum absolute atomic E-state index is 8.45. The third kappa shape index (κ3) is 2.51. The fraction of sp³-hybridized carbons (Fsp3) is 0.750. The lowest BCUT2D eigenvalue weighted by atomic mass is 9.96. The highest BCUT2D eigenvalue weighted by Gasteiger charge is 2.17. The van der Waals surface area contributed by atoms with Gasteiger partial charge in [-0.1, -0.05) is 5.16 Å². The molecule has 0 heterocycles. The molecule has 12 heavy (non-hydrogen) atoms. The van der Waals surface area contributed by atoms with Crippen LogP contribution >= 0.6 is 0 Å². The van der Waals surface area contributed by atoms with E-state index >= 15 is 0 Å². The summed E-state index contributed by atoms with van der Waals surface area (Å²) in [5.74, 6) is 0. The van der Waals surface area contributed by atoms with Gasteiger partial charge in [-0.3, -0.25) is 0 Å². The van der Waals surface area contributed by atoms with Gasteiger partial charge in [0.1, 0.15) is 6.61 Å². The van der Waals surface area contributed by atoms with Crippen molar-refractivity contribution < 1.29 is 9.94 Å². The minimum absolute atomic E-state index is 0.163. The molecule has 0 bridgehead atoms. The Morgan fingerprint density at radius 1 is 1.58 bits per heavy atom. The molecule has 1 N–H and O–H groups in total. The summed E-state index contributed by atoms with van der Waals surface area (Å²) >= 11 is 0. The predicted octanol–water partition coefficient (Wildman–Crippen LogP) is 1.30. The van der Waals surface area contributed by atoms with E-state index in [-0.39, 0.29) is 12.7 Å². The molecule has 1 aliphatic carbocycles. The van der Waals surface area contributed by atoms with Gasteiger partial charge in [0, 0.05) is 0 Å². The van der Waals surface area contributed by atoms with Crippen LogP contribution in [0.1, 0.15) is 25.7 Å². The van der Waals surface area contributed by atoms with Crippen LogP contribution in [0, 0.1) is 11.3 Å². The third-order valence-electron chi connectivity index (χ3n) is 2.03. The summed E-state index contributed by atoms with van der Waals surface area (Å²) in [6.45, 7) is 0.163. The van der Waals surface area contributed by atoms with Crippen molar-refractivity contribution >= 4 is 5.71 Å². The van der Waals surface area contributed by atoms with Crippen molar-refractivity contribution in [3.8, 4) is 6.07 Å². The van der Waals surface area contributed by atoms with E-state index in [0.717, 1.165) is 31.4 Å². The van der Waals surface area contributed by atoms with Crippen molar-refractivity contribution in [2.75, 3.05) is 6.61 Å². The van der Waals surface area contributed by atoms with Gasteiger partial charge >= 0.3 is 0 Å². The van der Waals surface area contributed by atoms with E-state index in [9.17, 15) is 0 Å². The van der Waals surface area contributed by atoms with E-state index in [1.807, 2.05) is 6.07 Å². The Kier molecular flexibility index (Phi) is 3.55. The summed E-state index contributed by atoms with van der Waals surface area (Å²) in [4.78, 5) is 0. The zero-order valence-corrected chi connectivity index (χ0v) is 6.86. The van der Waals surface area contributed by atoms with E-state index in [1.54, 1.807) is 0 Å². The van der Waals surface area contributed by atoms with Crippen LogP contribution < -0.4 is 0 Å². The molecule has 0 unspecified atom stereocenters. The van der Waals surface area contributed by atoms with Gasteiger partial charge in [0.2, 0.25) is 0 Å². The van der Waals surface area contributed by atoms with Crippen molar-refractivity contribution in [2.24, 2.45) is 5.16 Å². The Hall–Kier alpha value is -1.08.